The summed E-state index contributed by atoms with van der Waals surface area (Å²) in [7, 11) is -0.940. The number of aryl methyl sites for hydroxylation is 2. The number of carbonyl (C=O) groups excluding carboxylic acids is 2. The topological polar surface area (TPSA) is 86.8 Å². The van der Waals surface area contributed by atoms with Crippen molar-refractivity contribution in [3.8, 4) is 0 Å². The van der Waals surface area contributed by atoms with Crippen molar-refractivity contribution in [2.45, 2.75) is 44.7 Å². The third-order valence-corrected chi connectivity index (χ3v) is 7.14. The highest BCUT2D eigenvalue weighted by molar-refractivity contribution is 7.89. The lowest BCUT2D eigenvalue weighted by molar-refractivity contribution is -0.141. The number of hydrogen-bond donors (Lipinski definition) is 1. The van der Waals surface area contributed by atoms with E-state index in [0.29, 0.717) is 6.42 Å². The average Bonchev–Trinajstić information content (AvgIpc) is 2.74. The number of carbonyl (C=O) groups is 2. The quantitative estimate of drug-likeness (QED) is 0.642. The van der Waals surface area contributed by atoms with E-state index in [1.54, 1.807) is 12.1 Å². The van der Waals surface area contributed by atoms with E-state index in [9.17, 15) is 18.0 Å². The molecule has 8 heteroatoms. The van der Waals surface area contributed by atoms with Crippen LogP contribution in [0.5, 0.6) is 0 Å². The monoisotopic (exact) mass is 445 g/mol. The summed E-state index contributed by atoms with van der Waals surface area (Å²) in [6, 6.07) is 13.4. The third-order valence-electron chi connectivity index (χ3n) is 5.32. The molecule has 0 unspecified atom stereocenters. The highest BCUT2D eigenvalue weighted by Gasteiger charge is 2.31. The van der Waals surface area contributed by atoms with Crippen molar-refractivity contribution in [1.82, 2.24) is 14.5 Å². The Kier molecular flexibility index (Phi) is 8.36. The number of hydrogen-bond acceptors (Lipinski definition) is 4. The van der Waals surface area contributed by atoms with Gasteiger partial charge in [-0.2, -0.15) is 4.31 Å². The zero-order chi connectivity index (χ0) is 23.2. The average molecular weight is 446 g/mol. The molecule has 2 rings (SSSR count). The molecule has 7 nitrogen and oxygen atoms in total. The van der Waals surface area contributed by atoms with Crippen LogP contribution >= 0.6 is 0 Å². The molecule has 1 atom stereocenters. The minimum Gasteiger partial charge on any atom is -0.357 e. The molecule has 0 saturated carbocycles. The van der Waals surface area contributed by atoms with Gasteiger partial charge in [0, 0.05) is 20.6 Å². The van der Waals surface area contributed by atoms with Gasteiger partial charge < -0.3 is 10.2 Å². The van der Waals surface area contributed by atoms with Crippen LogP contribution in [0.1, 0.15) is 30.0 Å². The van der Waals surface area contributed by atoms with Gasteiger partial charge in [0.15, 0.2) is 0 Å². The highest BCUT2D eigenvalue weighted by atomic mass is 32.2. The van der Waals surface area contributed by atoms with E-state index in [1.165, 1.54) is 31.1 Å². The molecule has 0 fully saturated rings. The molecule has 0 aliphatic heterocycles. The first kappa shape index (κ1) is 24.6. The van der Waals surface area contributed by atoms with Crippen LogP contribution in [0.15, 0.2) is 53.4 Å². The summed E-state index contributed by atoms with van der Waals surface area (Å²) in [5.41, 5.74) is 2.84. The van der Waals surface area contributed by atoms with Gasteiger partial charge in [-0.3, -0.25) is 9.59 Å². The van der Waals surface area contributed by atoms with Crippen LogP contribution in [-0.4, -0.2) is 56.1 Å². The maximum atomic E-state index is 13.3. The highest BCUT2D eigenvalue weighted by Crippen LogP contribution is 2.18. The summed E-state index contributed by atoms with van der Waals surface area (Å²) in [6.07, 6.45) is 0.408. The number of nitrogens with zero attached hydrogens (tertiary/aromatic N) is 2. The first-order chi connectivity index (χ1) is 14.6. The van der Waals surface area contributed by atoms with E-state index in [1.807, 2.05) is 45.0 Å². The predicted molar refractivity (Wildman–Crippen MR) is 121 cm³/mol. The Morgan fingerprint density at radius 3 is 2.19 bits per heavy atom. The largest absolute Gasteiger partial charge is 0.357 e. The Bertz CT molecular complexity index is 1020. The van der Waals surface area contributed by atoms with E-state index < -0.39 is 22.0 Å². The lowest BCUT2D eigenvalue weighted by Crippen LogP contribution is -2.51. The van der Waals surface area contributed by atoms with Crippen LogP contribution < -0.4 is 5.32 Å². The standard InChI is InChI=1S/C23H31N3O4S/c1-6-21(23(28)24-4)26(15-19-10-8-7-9-18(19)3)22(27)16-25(5)31(29,30)20-13-11-17(2)12-14-20/h7-14,21H,6,15-16H2,1-5H3,(H,24,28)/t21-/m0/s1. The number of nitrogens with one attached hydrogen (secondary N) is 1. The first-order valence-corrected chi connectivity index (χ1v) is 11.6. The second-order valence-electron chi connectivity index (χ2n) is 7.56. The fourth-order valence-corrected chi connectivity index (χ4v) is 4.43. The summed E-state index contributed by atoms with van der Waals surface area (Å²) in [6.45, 7) is 5.49. The van der Waals surface area contributed by atoms with Crippen molar-refractivity contribution in [3.05, 3.63) is 65.2 Å². The van der Waals surface area contributed by atoms with Gasteiger partial charge in [-0.1, -0.05) is 48.9 Å². The molecule has 0 radical (unpaired) electrons. The van der Waals surface area contributed by atoms with E-state index in [0.717, 1.165) is 21.0 Å². The van der Waals surface area contributed by atoms with Crippen molar-refractivity contribution < 1.29 is 18.0 Å². The second-order valence-corrected chi connectivity index (χ2v) is 9.61. The molecule has 0 saturated heterocycles. The van der Waals surface area contributed by atoms with Gasteiger partial charge in [0.05, 0.1) is 11.4 Å². The fraction of sp³-hybridized carbons (Fsp3) is 0.391. The van der Waals surface area contributed by atoms with Crippen LogP contribution in [0, 0.1) is 13.8 Å². The molecule has 0 heterocycles. The molecule has 0 aromatic heterocycles. The van der Waals surface area contributed by atoms with Crippen molar-refractivity contribution >= 4 is 21.8 Å². The third kappa shape index (κ3) is 5.92. The Morgan fingerprint density at radius 1 is 1.03 bits per heavy atom. The summed E-state index contributed by atoms with van der Waals surface area (Å²) in [5.74, 6) is -0.717. The molecule has 2 amide bonds. The fourth-order valence-electron chi connectivity index (χ4n) is 3.31. The number of benzene rings is 2. The first-order valence-electron chi connectivity index (χ1n) is 10.2. The molecule has 0 aliphatic rings. The van der Waals surface area contributed by atoms with Crippen LogP contribution in [-0.2, 0) is 26.2 Å². The molecule has 0 bridgehead atoms. The molecular weight excluding hydrogens is 414 g/mol. The predicted octanol–water partition coefficient (Wildman–Crippen LogP) is 2.48. The Labute approximate surface area is 185 Å². The van der Waals surface area contributed by atoms with Gasteiger partial charge in [-0.15, -0.1) is 0 Å². The van der Waals surface area contributed by atoms with Crippen molar-refractivity contribution in [1.29, 1.82) is 0 Å². The summed E-state index contributed by atoms with van der Waals surface area (Å²) >= 11 is 0. The maximum Gasteiger partial charge on any atom is 0.243 e. The molecule has 168 valence electrons. The smallest absolute Gasteiger partial charge is 0.243 e. The van der Waals surface area contributed by atoms with Crippen molar-refractivity contribution in [2.75, 3.05) is 20.6 Å². The van der Waals surface area contributed by atoms with Crippen molar-refractivity contribution in [3.63, 3.8) is 0 Å². The van der Waals surface area contributed by atoms with Crippen molar-refractivity contribution in [2.24, 2.45) is 0 Å². The lowest BCUT2D eigenvalue weighted by Gasteiger charge is -2.32. The van der Waals surface area contributed by atoms with Gasteiger partial charge >= 0.3 is 0 Å². The van der Waals surface area contributed by atoms with E-state index in [2.05, 4.69) is 5.32 Å². The minimum absolute atomic E-state index is 0.122. The number of sulfonamides is 1. The lowest BCUT2D eigenvalue weighted by atomic mass is 10.1. The van der Waals surface area contributed by atoms with Gasteiger partial charge in [0.2, 0.25) is 21.8 Å². The number of amides is 2. The van der Waals surface area contributed by atoms with Crippen LogP contribution in [0.2, 0.25) is 0 Å². The van der Waals surface area contributed by atoms with E-state index in [-0.39, 0.29) is 23.9 Å². The number of likely N-dealkylation sites (N-methyl/N-ethyl adjacent to an activating group) is 2. The number of rotatable bonds is 9. The summed E-state index contributed by atoms with van der Waals surface area (Å²) in [5, 5.41) is 2.60. The van der Waals surface area contributed by atoms with Crippen LogP contribution in [0.25, 0.3) is 0 Å². The van der Waals surface area contributed by atoms with Gasteiger partial charge in [-0.25, -0.2) is 8.42 Å². The van der Waals surface area contributed by atoms with Gasteiger partial charge in [-0.05, 0) is 43.5 Å². The minimum atomic E-state index is -3.84. The molecule has 2 aromatic rings. The Morgan fingerprint density at radius 2 is 1.65 bits per heavy atom. The second kappa shape index (κ2) is 10.5. The molecule has 0 spiro atoms. The van der Waals surface area contributed by atoms with E-state index >= 15 is 0 Å². The van der Waals surface area contributed by atoms with E-state index in [4.69, 9.17) is 0 Å². The molecule has 2 aromatic carbocycles. The Balaban J connectivity index is 2.32. The normalized spacial score (nSPS) is 12.5. The SMILES string of the molecule is CC[C@@H](C(=O)NC)N(Cc1ccccc1C)C(=O)CN(C)S(=O)(=O)c1ccc(C)cc1. The molecule has 0 aliphatic carbocycles. The summed E-state index contributed by atoms with van der Waals surface area (Å²) < 4.78 is 26.9. The molecule has 31 heavy (non-hydrogen) atoms. The zero-order valence-corrected chi connectivity index (χ0v) is 19.6. The van der Waals surface area contributed by atoms with Gasteiger partial charge in [0.1, 0.15) is 6.04 Å². The maximum absolute atomic E-state index is 13.3. The molecular formula is C23H31N3O4S. The summed E-state index contributed by atoms with van der Waals surface area (Å²) in [4.78, 5) is 27.3. The van der Waals surface area contributed by atoms with Crippen LogP contribution in [0.3, 0.4) is 0 Å². The van der Waals surface area contributed by atoms with Crippen LogP contribution in [0.4, 0.5) is 0 Å². The van der Waals surface area contributed by atoms with Gasteiger partial charge in [0.25, 0.3) is 0 Å². The zero-order valence-electron chi connectivity index (χ0n) is 18.8. The Hall–Kier alpha value is -2.71. The molecule has 1 N–H and O–H groups in total.